The van der Waals surface area contributed by atoms with Crippen LogP contribution in [0.5, 0.6) is 5.75 Å². The van der Waals surface area contributed by atoms with Gasteiger partial charge in [-0.15, -0.1) is 0 Å². The Balaban J connectivity index is 1.58. The van der Waals surface area contributed by atoms with Gasteiger partial charge in [-0.1, -0.05) is 16.8 Å². The molecule has 0 spiro atoms. The van der Waals surface area contributed by atoms with Crippen LogP contribution in [-0.4, -0.2) is 61.5 Å². The molecule has 8 nitrogen and oxygen atoms in total. The number of halogens is 1. The molecule has 2 heterocycles. The fourth-order valence-electron chi connectivity index (χ4n) is 3.38. The minimum Gasteiger partial charge on any atom is -0.484 e. The molecule has 1 amide bonds. The number of aryl methyl sites for hydroxylation is 4. The molecule has 1 aromatic carbocycles. The van der Waals surface area contributed by atoms with Crippen LogP contribution >= 0.6 is 11.6 Å². The number of aromatic nitrogens is 1. The Morgan fingerprint density at radius 2 is 1.72 bits per heavy atom. The van der Waals surface area contributed by atoms with E-state index in [4.69, 9.17) is 20.9 Å². The predicted molar refractivity (Wildman–Crippen MR) is 108 cm³/mol. The molecule has 2 aromatic rings. The SMILES string of the molecule is Cc1cc(OCC(=O)N2CCN(S(=O)(=O)c3c(C)noc3C)CC2)cc(C)c1Cl. The molecule has 0 N–H and O–H groups in total. The number of sulfonamides is 1. The third-order valence-electron chi connectivity index (χ3n) is 4.93. The van der Waals surface area contributed by atoms with Gasteiger partial charge in [-0.2, -0.15) is 4.31 Å². The molecule has 10 heteroatoms. The zero-order chi connectivity index (χ0) is 21.3. The van der Waals surface area contributed by atoms with Crippen LogP contribution in [0.1, 0.15) is 22.6 Å². The molecule has 0 saturated carbocycles. The fraction of sp³-hybridized carbons (Fsp3) is 0.474. The molecule has 1 fully saturated rings. The van der Waals surface area contributed by atoms with Crippen LogP contribution in [0.15, 0.2) is 21.6 Å². The van der Waals surface area contributed by atoms with E-state index in [1.54, 1.807) is 30.9 Å². The van der Waals surface area contributed by atoms with E-state index in [-0.39, 0.29) is 36.3 Å². The molecule has 0 atom stereocenters. The van der Waals surface area contributed by atoms with E-state index in [2.05, 4.69) is 5.16 Å². The zero-order valence-electron chi connectivity index (χ0n) is 16.9. The molecule has 3 rings (SSSR count). The smallest absolute Gasteiger partial charge is 0.260 e. The molecule has 0 radical (unpaired) electrons. The number of carbonyl (C=O) groups is 1. The quantitative estimate of drug-likeness (QED) is 0.707. The maximum atomic E-state index is 12.9. The minimum absolute atomic E-state index is 0.106. The summed E-state index contributed by atoms with van der Waals surface area (Å²) in [6, 6.07) is 3.58. The summed E-state index contributed by atoms with van der Waals surface area (Å²) in [5.74, 6) is 0.657. The number of rotatable bonds is 5. The minimum atomic E-state index is -3.70. The van der Waals surface area contributed by atoms with Crippen LogP contribution in [0.2, 0.25) is 5.02 Å². The van der Waals surface area contributed by atoms with Gasteiger partial charge in [-0.25, -0.2) is 8.42 Å². The van der Waals surface area contributed by atoms with Crippen molar-refractivity contribution in [2.75, 3.05) is 32.8 Å². The second kappa shape index (κ2) is 8.33. The summed E-state index contributed by atoms with van der Waals surface area (Å²) in [7, 11) is -3.70. The number of hydrogen-bond donors (Lipinski definition) is 0. The Kier molecular flexibility index (Phi) is 6.21. The number of piperazine rings is 1. The summed E-state index contributed by atoms with van der Waals surface area (Å²) in [4.78, 5) is 14.2. The summed E-state index contributed by atoms with van der Waals surface area (Å²) >= 11 is 6.15. The number of hydrogen-bond acceptors (Lipinski definition) is 6. The lowest BCUT2D eigenvalue weighted by Gasteiger charge is -2.33. The summed E-state index contributed by atoms with van der Waals surface area (Å²) in [6.07, 6.45) is 0. The third kappa shape index (κ3) is 4.41. The Bertz CT molecular complexity index is 984. The Morgan fingerprint density at radius 1 is 1.14 bits per heavy atom. The number of ether oxygens (including phenoxy) is 1. The average molecular weight is 442 g/mol. The number of amides is 1. The monoisotopic (exact) mass is 441 g/mol. The first-order chi connectivity index (χ1) is 13.6. The standard InChI is InChI=1S/C19H24ClN3O5S/c1-12-9-16(10-13(2)18(12)20)27-11-17(24)22-5-7-23(8-6-22)29(25,26)19-14(3)21-28-15(19)4/h9-10H,5-8,11H2,1-4H3. The fourth-order valence-corrected chi connectivity index (χ4v) is 5.20. The maximum Gasteiger partial charge on any atom is 0.260 e. The first-order valence-corrected chi connectivity index (χ1v) is 11.0. The van der Waals surface area contributed by atoms with Crippen molar-refractivity contribution in [3.63, 3.8) is 0 Å². The van der Waals surface area contributed by atoms with Gasteiger partial charge < -0.3 is 14.2 Å². The Hall–Kier alpha value is -2.10. The normalized spacial score (nSPS) is 15.6. The molecule has 0 bridgehead atoms. The highest BCUT2D eigenvalue weighted by molar-refractivity contribution is 7.89. The highest BCUT2D eigenvalue weighted by Crippen LogP contribution is 2.26. The molecule has 29 heavy (non-hydrogen) atoms. The van der Waals surface area contributed by atoms with Gasteiger partial charge in [-0.05, 0) is 51.0 Å². The summed E-state index contributed by atoms with van der Waals surface area (Å²) in [6.45, 7) is 7.81. The number of nitrogens with zero attached hydrogens (tertiary/aromatic N) is 3. The van der Waals surface area contributed by atoms with E-state index in [9.17, 15) is 13.2 Å². The summed E-state index contributed by atoms with van der Waals surface area (Å²) in [5.41, 5.74) is 2.10. The van der Waals surface area contributed by atoms with Gasteiger partial charge in [0.2, 0.25) is 10.0 Å². The number of benzene rings is 1. The van der Waals surface area contributed by atoms with Gasteiger partial charge >= 0.3 is 0 Å². The molecule has 1 saturated heterocycles. The lowest BCUT2D eigenvalue weighted by atomic mass is 10.1. The Morgan fingerprint density at radius 3 is 2.24 bits per heavy atom. The van der Waals surface area contributed by atoms with Crippen molar-refractivity contribution >= 4 is 27.5 Å². The van der Waals surface area contributed by atoms with Gasteiger partial charge in [0, 0.05) is 31.2 Å². The maximum absolute atomic E-state index is 12.9. The molecule has 0 unspecified atom stereocenters. The first-order valence-electron chi connectivity index (χ1n) is 9.21. The van der Waals surface area contributed by atoms with Gasteiger partial charge in [0.05, 0.1) is 0 Å². The molecular formula is C19H24ClN3O5S. The van der Waals surface area contributed by atoms with Crippen LogP contribution in [0, 0.1) is 27.7 Å². The lowest BCUT2D eigenvalue weighted by molar-refractivity contribution is -0.134. The van der Waals surface area contributed by atoms with E-state index in [0.717, 1.165) is 11.1 Å². The second-order valence-electron chi connectivity index (χ2n) is 7.10. The van der Waals surface area contributed by atoms with E-state index in [1.165, 1.54) is 4.31 Å². The van der Waals surface area contributed by atoms with Crippen molar-refractivity contribution < 1.29 is 22.5 Å². The van der Waals surface area contributed by atoms with E-state index in [1.807, 2.05) is 13.8 Å². The molecule has 1 aliphatic heterocycles. The van der Waals surface area contributed by atoms with Crippen molar-refractivity contribution in [1.82, 2.24) is 14.4 Å². The van der Waals surface area contributed by atoms with Gasteiger partial charge in [0.15, 0.2) is 12.4 Å². The average Bonchev–Trinajstić information content (AvgIpc) is 3.03. The van der Waals surface area contributed by atoms with Crippen LogP contribution in [-0.2, 0) is 14.8 Å². The predicted octanol–water partition coefficient (Wildman–Crippen LogP) is 2.47. The molecule has 0 aliphatic carbocycles. The number of carbonyl (C=O) groups excluding carboxylic acids is 1. The first kappa shape index (κ1) is 21.6. The van der Waals surface area contributed by atoms with Gasteiger partial charge in [0.25, 0.3) is 5.91 Å². The van der Waals surface area contributed by atoms with Gasteiger partial charge in [-0.3, -0.25) is 4.79 Å². The van der Waals surface area contributed by atoms with E-state index in [0.29, 0.717) is 29.6 Å². The van der Waals surface area contributed by atoms with Crippen molar-refractivity contribution in [2.45, 2.75) is 32.6 Å². The largest absolute Gasteiger partial charge is 0.484 e. The van der Waals surface area contributed by atoms with Crippen LogP contribution in [0.3, 0.4) is 0 Å². The molecule has 158 valence electrons. The zero-order valence-corrected chi connectivity index (χ0v) is 18.4. The van der Waals surface area contributed by atoms with E-state index < -0.39 is 10.0 Å². The van der Waals surface area contributed by atoms with Crippen molar-refractivity contribution in [3.8, 4) is 5.75 Å². The molecule has 1 aromatic heterocycles. The van der Waals surface area contributed by atoms with Crippen molar-refractivity contribution in [2.24, 2.45) is 0 Å². The van der Waals surface area contributed by atoms with Crippen LogP contribution < -0.4 is 4.74 Å². The summed E-state index contributed by atoms with van der Waals surface area (Å²) < 4.78 is 37.7. The van der Waals surface area contributed by atoms with Crippen molar-refractivity contribution in [3.05, 3.63) is 39.7 Å². The highest BCUT2D eigenvalue weighted by Gasteiger charge is 2.34. The van der Waals surface area contributed by atoms with Crippen molar-refractivity contribution in [1.29, 1.82) is 0 Å². The third-order valence-corrected chi connectivity index (χ3v) is 7.67. The molecule has 1 aliphatic rings. The van der Waals surface area contributed by atoms with E-state index >= 15 is 0 Å². The Labute approximate surface area is 175 Å². The molecular weight excluding hydrogens is 418 g/mol. The lowest BCUT2D eigenvalue weighted by Crippen LogP contribution is -2.51. The summed E-state index contributed by atoms with van der Waals surface area (Å²) in [5, 5.41) is 4.40. The van der Waals surface area contributed by atoms with Crippen LogP contribution in [0.4, 0.5) is 0 Å². The highest BCUT2D eigenvalue weighted by atomic mass is 35.5. The van der Waals surface area contributed by atoms with Crippen LogP contribution in [0.25, 0.3) is 0 Å². The van der Waals surface area contributed by atoms with Gasteiger partial charge in [0.1, 0.15) is 16.3 Å². The topological polar surface area (TPSA) is 93.0 Å². The second-order valence-corrected chi connectivity index (χ2v) is 9.35.